The Balaban J connectivity index is 1.55. The Bertz CT molecular complexity index is 663. The van der Waals surface area contributed by atoms with Crippen molar-refractivity contribution in [2.75, 3.05) is 31.1 Å². The molecule has 0 atom stereocenters. The molecule has 1 aliphatic rings. The van der Waals surface area contributed by atoms with Gasteiger partial charge < -0.3 is 9.80 Å². The zero-order valence-corrected chi connectivity index (χ0v) is 14.4. The molecule has 0 saturated carbocycles. The Hall–Kier alpha value is -1.66. The first-order chi connectivity index (χ1) is 10.7. The van der Waals surface area contributed by atoms with Gasteiger partial charge in [0.25, 0.3) is 0 Å². The van der Waals surface area contributed by atoms with Crippen LogP contribution < -0.4 is 4.90 Å². The molecular formula is C16H16BrN3OS. The number of amides is 1. The molecule has 1 saturated heterocycles. The first-order valence-electron chi connectivity index (χ1n) is 7.11. The van der Waals surface area contributed by atoms with Crippen molar-refractivity contribution < 1.29 is 4.79 Å². The summed E-state index contributed by atoms with van der Waals surface area (Å²) >= 11 is 5.04. The third-order valence-electron chi connectivity index (χ3n) is 3.55. The van der Waals surface area contributed by atoms with Gasteiger partial charge in [0.1, 0.15) is 5.82 Å². The quantitative estimate of drug-likeness (QED) is 0.770. The Morgan fingerprint density at radius 1 is 1.18 bits per heavy atom. The lowest BCUT2D eigenvalue weighted by atomic mass is 10.3. The molecule has 3 heterocycles. The van der Waals surface area contributed by atoms with E-state index in [4.69, 9.17) is 0 Å². The minimum Gasteiger partial charge on any atom is -0.353 e. The highest BCUT2D eigenvalue weighted by molar-refractivity contribution is 9.11. The van der Waals surface area contributed by atoms with E-state index in [0.29, 0.717) is 0 Å². The van der Waals surface area contributed by atoms with Crippen LogP contribution in [0.25, 0.3) is 6.08 Å². The van der Waals surface area contributed by atoms with Crippen molar-refractivity contribution in [2.45, 2.75) is 0 Å². The molecule has 0 N–H and O–H groups in total. The second kappa shape index (κ2) is 7.07. The van der Waals surface area contributed by atoms with Crippen molar-refractivity contribution >= 4 is 45.1 Å². The van der Waals surface area contributed by atoms with Gasteiger partial charge in [-0.2, -0.15) is 0 Å². The number of hydrogen-bond donors (Lipinski definition) is 0. The Morgan fingerprint density at radius 3 is 2.64 bits per heavy atom. The summed E-state index contributed by atoms with van der Waals surface area (Å²) in [6, 6.07) is 9.89. The number of pyridine rings is 1. The molecule has 1 aliphatic heterocycles. The summed E-state index contributed by atoms with van der Waals surface area (Å²) < 4.78 is 1.07. The Morgan fingerprint density at radius 2 is 2.00 bits per heavy atom. The van der Waals surface area contributed by atoms with E-state index < -0.39 is 0 Å². The number of piperazine rings is 1. The number of halogens is 1. The fourth-order valence-electron chi connectivity index (χ4n) is 2.37. The van der Waals surface area contributed by atoms with Gasteiger partial charge in [-0.05, 0) is 46.3 Å². The predicted octanol–water partition coefficient (Wildman–Crippen LogP) is 3.27. The van der Waals surface area contributed by atoms with E-state index in [1.807, 2.05) is 41.3 Å². The monoisotopic (exact) mass is 377 g/mol. The van der Waals surface area contributed by atoms with Crippen molar-refractivity contribution in [1.82, 2.24) is 9.88 Å². The summed E-state index contributed by atoms with van der Waals surface area (Å²) in [6.45, 7) is 3.10. The normalized spacial score (nSPS) is 15.5. The molecule has 0 radical (unpaired) electrons. The molecule has 114 valence electrons. The van der Waals surface area contributed by atoms with Crippen LogP contribution in [0.1, 0.15) is 4.88 Å². The minimum atomic E-state index is 0.0743. The summed E-state index contributed by atoms with van der Waals surface area (Å²) in [6.07, 6.45) is 5.34. The fourth-order valence-corrected chi connectivity index (χ4v) is 3.70. The summed E-state index contributed by atoms with van der Waals surface area (Å²) in [5, 5.41) is 0. The first kappa shape index (κ1) is 15.2. The molecule has 0 bridgehead atoms. The van der Waals surface area contributed by atoms with Gasteiger partial charge in [0.15, 0.2) is 0 Å². The van der Waals surface area contributed by atoms with E-state index in [1.54, 1.807) is 23.6 Å². The predicted molar refractivity (Wildman–Crippen MR) is 94.1 cm³/mol. The van der Waals surface area contributed by atoms with E-state index >= 15 is 0 Å². The first-order valence-corrected chi connectivity index (χ1v) is 8.71. The Labute approximate surface area is 142 Å². The topological polar surface area (TPSA) is 36.4 Å². The molecular weight excluding hydrogens is 362 g/mol. The molecule has 3 rings (SSSR count). The van der Waals surface area contributed by atoms with Gasteiger partial charge in [-0.25, -0.2) is 4.98 Å². The lowest BCUT2D eigenvalue weighted by Gasteiger charge is -2.34. The number of rotatable bonds is 3. The van der Waals surface area contributed by atoms with Crippen molar-refractivity contribution in [2.24, 2.45) is 0 Å². The van der Waals surface area contributed by atoms with Gasteiger partial charge in [-0.15, -0.1) is 11.3 Å². The van der Waals surface area contributed by atoms with E-state index in [9.17, 15) is 4.79 Å². The van der Waals surface area contributed by atoms with Gasteiger partial charge in [-0.1, -0.05) is 6.07 Å². The van der Waals surface area contributed by atoms with Crippen LogP contribution in [-0.2, 0) is 4.79 Å². The number of hydrogen-bond acceptors (Lipinski definition) is 4. The molecule has 1 fully saturated rings. The van der Waals surface area contributed by atoms with Crippen LogP contribution in [-0.4, -0.2) is 42.0 Å². The fraction of sp³-hybridized carbons (Fsp3) is 0.250. The summed E-state index contributed by atoms with van der Waals surface area (Å²) in [4.78, 5) is 21.8. The standard InChI is InChI=1S/C16H16BrN3OS/c17-14-6-4-13(22-14)5-7-16(21)20-11-9-19(10-12-20)15-3-1-2-8-18-15/h1-8H,9-12H2/b7-5+. The molecule has 4 nitrogen and oxygen atoms in total. The van der Waals surface area contributed by atoms with E-state index in [2.05, 4.69) is 25.8 Å². The number of carbonyl (C=O) groups excluding carboxylic acids is 1. The third kappa shape index (κ3) is 3.75. The molecule has 6 heteroatoms. The average Bonchev–Trinajstić information content (AvgIpc) is 2.99. The largest absolute Gasteiger partial charge is 0.353 e. The van der Waals surface area contributed by atoms with Crippen molar-refractivity contribution in [1.29, 1.82) is 0 Å². The Kier molecular flexibility index (Phi) is 4.90. The number of nitrogens with zero attached hydrogens (tertiary/aromatic N) is 3. The maximum atomic E-state index is 12.2. The van der Waals surface area contributed by atoms with Crippen LogP contribution in [0.5, 0.6) is 0 Å². The van der Waals surface area contributed by atoms with Gasteiger partial charge in [0.2, 0.25) is 5.91 Å². The van der Waals surface area contributed by atoms with Crippen molar-refractivity contribution in [3.63, 3.8) is 0 Å². The number of carbonyl (C=O) groups is 1. The van der Waals surface area contributed by atoms with Gasteiger partial charge in [0.05, 0.1) is 3.79 Å². The van der Waals surface area contributed by atoms with Crippen LogP contribution in [0.2, 0.25) is 0 Å². The zero-order valence-electron chi connectivity index (χ0n) is 12.0. The SMILES string of the molecule is O=C(/C=C/c1ccc(Br)s1)N1CCN(c2ccccn2)CC1. The highest BCUT2D eigenvalue weighted by Crippen LogP contribution is 2.23. The van der Waals surface area contributed by atoms with E-state index in [1.165, 1.54) is 0 Å². The maximum Gasteiger partial charge on any atom is 0.246 e. The number of anilines is 1. The van der Waals surface area contributed by atoms with Crippen LogP contribution in [0.15, 0.2) is 46.4 Å². The van der Waals surface area contributed by atoms with E-state index in [0.717, 1.165) is 40.7 Å². The molecule has 22 heavy (non-hydrogen) atoms. The van der Waals surface area contributed by atoms with Crippen molar-refractivity contribution in [3.8, 4) is 0 Å². The summed E-state index contributed by atoms with van der Waals surface area (Å²) in [7, 11) is 0. The number of aromatic nitrogens is 1. The average molecular weight is 378 g/mol. The zero-order chi connectivity index (χ0) is 15.4. The van der Waals surface area contributed by atoms with Crippen LogP contribution in [0, 0.1) is 0 Å². The summed E-state index contributed by atoms with van der Waals surface area (Å²) in [5.41, 5.74) is 0. The maximum absolute atomic E-state index is 12.2. The third-order valence-corrected chi connectivity index (χ3v) is 5.14. The molecule has 0 spiro atoms. The molecule has 2 aromatic rings. The molecule has 0 aromatic carbocycles. The van der Waals surface area contributed by atoms with Crippen molar-refractivity contribution in [3.05, 3.63) is 51.3 Å². The highest BCUT2D eigenvalue weighted by Gasteiger charge is 2.20. The van der Waals surface area contributed by atoms with Gasteiger partial charge in [-0.3, -0.25) is 4.79 Å². The van der Waals surface area contributed by atoms with Crippen LogP contribution >= 0.6 is 27.3 Å². The molecule has 1 amide bonds. The van der Waals surface area contributed by atoms with Gasteiger partial charge >= 0.3 is 0 Å². The van der Waals surface area contributed by atoms with Gasteiger partial charge in [0, 0.05) is 43.3 Å². The van der Waals surface area contributed by atoms with E-state index in [-0.39, 0.29) is 5.91 Å². The second-order valence-electron chi connectivity index (χ2n) is 4.98. The molecule has 0 aliphatic carbocycles. The summed E-state index contributed by atoms with van der Waals surface area (Å²) in [5.74, 6) is 1.05. The number of thiophene rings is 1. The molecule has 0 unspecified atom stereocenters. The second-order valence-corrected chi connectivity index (χ2v) is 7.47. The lowest BCUT2D eigenvalue weighted by Crippen LogP contribution is -2.48. The molecule has 2 aromatic heterocycles. The van der Waals surface area contributed by atoms with Crippen LogP contribution in [0.3, 0.4) is 0 Å². The smallest absolute Gasteiger partial charge is 0.246 e. The highest BCUT2D eigenvalue weighted by atomic mass is 79.9. The minimum absolute atomic E-state index is 0.0743. The lowest BCUT2D eigenvalue weighted by molar-refractivity contribution is -0.126. The van der Waals surface area contributed by atoms with Crippen LogP contribution in [0.4, 0.5) is 5.82 Å².